The summed E-state index contributed by atoms with van der Waals surface area (Å²) in [6, 6.07) is 0. The van der Waals surface area contributed by atoms with Gasteiger partial charge in [-0.2, -0.15) is 0 Å². The highest BCUT2D eigenvalue weighted by Crippen LogP contribution is 2.68. The zero-order valence-electron chi connectivity index (χ0n) is 18.0. The van der Waals surface area contributed by atoms with Crippen LogP contribution in [0.5, 0.6) is 0 Å². The first-order valence-electron chi connectivity index (χ1n) is 11.4. The Kier molecular flexibility index (Phi) is 5.33. The van der Waals surface area contributed by atoms with Gasteiger partial charge in [-0.3, -0.25) is 4.79 Å². The summed E-state index contributed by atoms with van der Waals surface area (Å²) in [6.45, 7) is 5.41. The molecular formula is C23H38O6. The number of rotatable bonds is 3. The van der Waals surface area contributed by atoms with Crippen molar-refractivity contribution >= 4 is 5.97 Å². The smallest absolute Gasteiger partial charge is 0.302 e. The highest BCUT2D eigenvalue weighted by molar-refractivity contribution is 5.65. The van der Waals surface area contributed by atoms with Crippen LogP contribution < -0.4 is 0 Å². The van der Waals surface area contributed by atoms with Crippen molar-refractivity contribution in [1.82, 2.24) is 0 Å². The summed E-state index contributed by atoms with van der Waals surface area (Å²) >= 11 is 0. The third-order valence-electron chi connectivity index (χ3n) is 9.78. The van der Waals surface area contributed by atoms with Crippen LogP contribution in [0.4, 0.5) is 0 Å². The summed E-state index contributed by atoms with van der Waals surface area (Å²) in [5.74, 6) is 0.704. The Bertz CT molecular complexity index is 653. The lowest BCUT2D eigenvalue weighted by Crippen LogP contribution is -2.64. The molecule has 0 aromatic rings. The van der Waals surface area contributed by atoms with Gasteiger partial charge < -0.3 is 25.2 Å². The minimum absolute atomic E-state index is 0.0277. The molecule has 4 rings (SSSR count). The first kappa shape index (κ1) is 21.5. The molecule has 0 aliphatic heterocycles. The molecule has 0 amide bonds. The SMILES string of the molecule is CC(=O)OC[C@H](O)[C@@]1(O)CC[C@H]2[C@@H]3CC[C@H]4C[C@@H](O)CC[C@]4(C)[C@H]3[C@@H](O)C[C@@]21C. The van der Waals surface area contributed by atoms with E-state index in [-0.39, 0.29) is 30.0 Å². The van der Waals surface area contributed by atoms with Crippen molar-refractivity contribution in [3.63, 3.8) is 0 Å². The van der Waals surface area contributed by atoms with E-state index in [2.05, 4.69) is 6.92 Å². The molecule has 4 fully saturated rings. The van der Waals surface area contributed by atoms with Crippen LogP contribution in [0.15, 0.2) is 0 Å². The van der Waals surface area contributed by atoms with Gasteiger partial charge in [0.25, 0.3) is 0 Å². The summed E-state index contributed by atoms with van der Waals surface area (Å²) in [6.07, 6.45) is 4.48. The number of carbonyl (C=O) groups excluding carboxylic acids is 1. The molecule has 10 atom stereocenters. The van der Waals surface area contributed by atoms with E-state index >= 15 is 0 Å². The van der Waals surface area contributed by atoms with Crippen LogP contribution in [-0.2, 0) is 9.53 Å². The summed E-state index contributed by atoms with van der Waals surface area (Å²) in [7, 11) is 0. The molecule has 6 nitrogen and oxygen atoms in total. The predicted octanol–water partition coefficient (Wildman–Crippen LogP) is 2.02. The lowest BCUT2D eigenvalue weighted by atomic mass is 9.43. The van der Waals surface area contributed by atoms with Crippen molar-refractivity contribution < 1.29 is 30.0 Å². The summed E-state index contributed by atoms with van der Waals surface area (Å²) < 4.78 is 5.00. The number of hydrogen-bond donors (Lipinski definition) is 4. The molecular weight excluding hydrogens is 372 g/mol. The van der Waals surface area contributed by atoms with Gasteiger partial charge in [-0.1, -0.05) is 13.8 Å². The number of aliphatic hydroxyl groups is 4. The number of ether oxygens (including phenoxy) is 1. The number of fused-ring (bicyclic) bond motifs is 5. The average molecular weight is 411 g/mol. The number of esters is 1. The third-order valence-corrected chi connectivity index (χ3v) is 9.78. The minimum atomic E-state index is -1.36. The third kappa shape index (κ3) is 3.08. The Morgan fingerprint density at radius 3 is 2.55 bits per heavy atom. The van der Waals surface area contributed by atoms with Gasteiger partial charge in [-0.05, 0) is 80.5 Å². The average Bonchev–Trinajstić information content (AvgIpc) is 2.91. The van der Waals surface area contributed by atoms with Crippen LogP contribution in [0, 0.1) is 34.5 Å². The Labute approximate surface area is 173 Å². The zero-order chi connectivity index (χ0) is 21.2. The quantitative estimate of drug-likeness (QED) is 0.530. The summed E-state index contributed by atoms with van der Waals surface area (Å²) in [5.41, 5.74) is -1.94. The van der Waals surface area contributed by atoms with Gasteiger partial charge in [0.2, 0.25) is 0 Å². The second-order valence-corrected chi connectivity index (χ2v) is 11.0. The van der Waals surface area contributed by atoms with Gasteiger partial charge in [-0.25, -0.2) is 0 Å². The first-order valence-corrected chi connectivity index (χ1v) is 11.4. The maximum Gasteiger partial charge on any atom is 0.302 e. The number of hydrogen-bond acceptors (Lipinski definition) is 6. The lowest BCUT2D eigenvalue weighted by molar-refractivity contribution is -0.225. The van der Waals surface area contributed by atoms with E-state index in [0.29, 0.717) is 24.7 Å². The van der Waals surface area contributed by atoms with Crippen LogP contribution in [0.3, 0.4) is 0 Å². The van der Waals surface area contributed by atoms with Crippen molar-refractivity contribution in [2.75, 3.05) is 6.61 Å². The largest absolute Gasteiger partial charge is 0.463 e. The second kappa shape index (κ2) is 7.18. The topological polar surface area (TPSA) is 107 Å². The molecule has 4 aliphatic carbocycles. The van der Waals surface area contributed by atoms with Crippen LogP contribution in [0.2, 0.25) is 0 Å². The van der Waals surface area contributed by atoms with Gasteiger partial charge in [0, 0.05) is 12.3 Å². The molecule has 29 heavy (non-hydrogen) atoms. The number of aliphatic hydroxyl groups excluding tert-OH is 3. The maximum absolute atomic E-state index is 11.6. The highest BCUT2D eigenvalue weighted by Gasteiger charge is 2.68. The Balaban J connectivity index is 1.61. The van der Waals surface area contributed by atoms with Crippen molar-refractivity contribution in [3.8, 4) is 0 Å². The van der Waals surface area contributed by atoms with E-state index in [1.807, 2.05) is 6.92 Å². The predicted molar refractivity (Wildman–Crippen MR) is 107 cm³/mol. The molecule has 0 aromatic heterocycles. The molecule has 0 saturated heterocycles. The maximum atomic E-state index is 11.6. The molecule has 0 aromatic carbocycles. The fourth-order valence-electron chi connectivity index (χ4n) is 8.28. The molecule has 166 valence electrons. The van der Waals surface area contributed by atoms with Crippen LogP contribution >= 0.6 is 0 Å². The lowest BCUT2D eigenvalue weighted by Gasteiger charge is -2.63. The normalized spacial score (nSPS) is 52.8. The van der Waals surface area contributed by atoms with E-state index in [4.69, 9.17) is 4.74 Å². The fourth-order valence-corrected chi connectivity index (χ4v) is 8.28. The molecule has 4 aliphatic rings. The van der Waals surface area contributed by atoms with E-state index in [1.165, 1.54) is 6.92 Å². The molecule has 0 unspecified atom stereocenters. The van der Waals surface area contributed by atoms with E-state index in [0.717, 1.165) is 38.5 Å². The molecule has 0 heterocycles. The molecule has 4 N–H and O–H groups in total. The van der Waals surface area contributed by atoms with Crippen molar-refractivity contribution in [1.29, 1.82) is 0 Å². The zero-order valence-corrected chi connectivity index (χ0v) is 18.0. The Hall–Kier alpha value is -0.690. The molecule has 4 saturated carbocycles. The van der Waals surface area contributed by atoms with E-state index in [9.17, 15) is 25.2 Å². The van der Waals surface area contributed by atoms with Gasteiger partial charge in [0.1, 0.15) is 12.7 Å². The summed E-state index contributed by atoms with van der Waals surface area (Å²) in [4.78, 5) is 11.2. The van der Waals surface area contributed by atoms with Crippen LogP contribution in [0.1, 0.15) is 72.1 Å². The molecule has 0 radical (unpaired) electrons. The molecule has 0 bridgehead atoms. The van der Waals surface area contributed by atoms with Crippen molar-refractivity contribution in [2.24, 2.45) is 34.5 Å². The second-order valence-electron chi connectivity index (χ2n) is 11.0. The van der Waals surface area contributed by atoms with Crippen LogP contribution in [0.25, 0.3) is 0 Å². The van der Waals surface area contributed by atoms with Gasteiger partial charge >= 0.3 is 5.97 Å². The molecule has 0 spiro atoms. The minimum Gasteiger partial charge on any atom is -0.463 e. The molecule has 6 heteroatoms. The van der Waals surface area contributed by atoms with Crippen molar-refractivity contribution in [3.05, 3.63) is 0 Å². The monoisotopic (exact) mass is 410 g/mol. The number of carbonyl (C=O) groups is 1. The van der Waals surface area contributed by atoms with E-state index in [1.54, 1.807) is 0 Å². The Morgan fingerprint density at radius 2 is 1.86 bits per heavy atom. The highest BCUT2D eigenvalue weighted by atomic mass is 16.5. The van der Waals surface area contributed by atoms with Gasteiger partial charge in [0.15, 0.2) is 0 Å². The van der Waals surface area contributed by atoms with Crippen molar-refractivity contribution in [2.45, 2.75) is 96.1 Å². The Morgan fingerprint density at radius 1 is 1.14 bits per heavy atom. The van der Waals surface area contributed by atoms with Gasteiger partial charge in [-0.15, -0.1) is 0 Å². The fraction of sp³-hybridized carbons (Fsp3) is 0.957. The van der Waals surface area contributed by atoms with Crippen LogP contribution in [-0.4, -0.2) is 56.9 Å². The standard InChI is InChI=1S/C23H38O6/c1-13(24)29-12-19(27)23(28)9-7-17-16-5-4-14-10-15(25)6-8-21(14,2)20(16)18(26)11-22(17,23)3/h14-20,25-28H,4-12H2,1-3H3/t14-,15-,16-,17-,18-,19-,20+,21-,22-,23-/m0/s1. The summed E-state index contributed by atoms with van der Waals surface area (Å²) in [5, 5.41) is 43.9. The van der Waals surface area contributed by atoms with Gasteiger partial charge in [0.05, 0.1) is 17.8 Å². The first-order chi connectivity index (χ1) is 13.5. The van der Waals surface area contributed by atoms with E-state index < -0.39 is 29.2 Å².